The Morgan fingerprint density at radius 3 is 1.13 bits per heavy atom. The molecular weight excluding hydrogens is 288 g/mol. The van der Waals surface area contributed by atoms with Crippen LogP contribution < -0.4 is 0 Å². The van der Waals surface area contributed by atoms with E-state index in [0.29, 0.717) is 0 Å². The van der Waals surface area contributed by atoms with E-state index >= 15 is 0 Å². The van der Waals surface area contributed by atoms with E-state index in [-0.39, 0.29) is 0 Å². The summed E-state index contributed by atoms with van der Waals surface area (Å²) in [5.41, 5.74) is 1.65. The Balaban J connectivity index is 0.000000387. The molecule has 2 spiro atoms. The number of isocyanates is 2. The average Bonchev–Trinajstić information content (AvgIpc) is 2.85. The van der Waals surface area contributed by atoms with Gasteiger partial charge < -0.3 is 0 Å². The van der Waals surface area contributed by atoms with E-state index in [1.54, 1.807) is 44.9 Å². The summed E-state index contributed by atoms with van der Waals surface area (Å²) in [7, 11) is 0. The quantitative estimate of drug-likeness (QED) is 0.446. The van der Waals surface area contributed by atoms with Gasteiger partial charge in [0.25, 0.3) is 0 Å². The summed E-state index contributed by atoms with van der Waals surface area (Å²) in [5, 5.41) is 10.8. The monoisotopic (exact) mass is 320 g/mol. The summed E-state index contributed by atoms with van der Waals surface area (Å²) >= 11 is 0. The van der Waals surface area contributed by atoms with Crippen molar-refractivity contribution in [3.8, 4) is 0 Å². The van der Waals surface area contributed by atoms with E-state index < -0.39 is 0 Å². The van der Waals surface area contributed by atoms with E-state index in [0.717, 1.165) is 23.0 Å². The van der Waals surface area contributed by atoms with Crippen molar-refractivity contribution < 1.29 is 9.59 Å². The zero-order chi connectivity index (χ0) is 17.0. The largest absolute Gasteiger partial charge is 0.231 e. The Hall–Kier alpha value is -1.24. The van der Waals surface area contributed by atoms with Crippen molar-refractivity contribution in [2.24, 2.45) is 10.8 Å². The van der Waals surface area contributed by atoms with E-state index in [9.17, 15) is 0 Å². The molecule has 3 aliphatic rings. The van der Waals surface area contributed by atoms with Gasteiger partial charge in [0.1, 0.15) is 0 Å². The van der Waals surface area contributed by atoms with Gasteiger partial charge in [0.15, 0.2) is 0 Å². The average molecular weight is 320 g/mol. The van der Waals surface area contributed by atoms with Gasteiger partial charge in [-0.25, -0.2) is 20.4 Å². The summed E-state index contributed by atoms with van der Waals surface area (Å²) < 4.78 is 0. The van der Waals surface area contributed by atoms with Crippen molar-refractivity contribution in [1.82, 2.24) is 0 Å². The Bertz CT molecular complexity index is 382. The van der Waals surface area contributed by atoms with E-state index in [1.165, 1.54) is 51.4 Å². The lowest BCUT2D eigenvalue weighted by Crippen LogP contribution is -2.25. The van der Waals surface area contributed by atoms with Crippen molar-refractivity contribution in [2.45, 2.75) is 96.3 Å². The maximum Gasteiger partial charge on any atom is 0.231 e. The van der Waals surface area contributed by atoms with Gasteiger partial charge in [0.2, 0.25) is 12.2 Å². The van der Waals surface area contributed by atoms with Crippen LogP contribution in [0.1, 0.15) is 96.3 Å². The molecule has 2 N–H and O–H groups in total. The second-order valence-electron chi connectivity index (χ2n) is 7.71. The molecule has 0 aliphatic heterocycles. The van der Waals surface area contributed by atoms with Crippen LogP contribution in [0.3, 0.4) is 0 Å². The summed E-state index contributed by atoms with van der Waals surface area (Å²) in [6.07, 6.45) is 24.9. The Kier molecular flexibility index (Phi) is 9.06. The fraction of sp³-hybridized carbons (Fsp3) is 0.895. The van der Waals surface area contributed by atoms with Crippen molar-refractivity contribution in [2.75, 3.05) is 0 Å². The molecule has 4 heteroatoms. The fourth-order valence-electron chi connectivity index (χ4n) is 5.31. The first-order valence-electron chi connectivity index (χ1n) is 9.24. The summed E-state index contributed by atoms with van der Waals surface area (Å²) in [5.74, 6) is 0. The predicted molar refractivity (Wildman–Crippen MR) is 90.9 cm³/mol. The van der Waals surface area contributed by atoms with E-state index in [4.69, 9.17) is 20.4 Å². The van der Waals surface area contributed by atoms with Gasteiger partial charge in [0.05, 0.1) is 0 Å². The molecule has 3 aliphatic carbocycles. The number of hydrogen-bond acceptors (Lipinski definition) is 4. The van der Waals surface area contributed by atoms with Gasteiger partial charge in [-0.15, -0.1) is 0 Å². The standard InChI is InChI=1S/C17H30.2CHNO/c1-2-5-9-16(10-6-3-1)13-14-17(15-16)11-7-4-8-12-17;2*2-1-3/h1-15H2;2*2H. The zero-order valence-corrected chi connectivity index (χ0v) is 14.4. The number of nitrogens with one attached hydrogen (secondary N) is 2. The van der Waals surface area contributed by atoms with Gasteiger partial charge >= 0.3 is 0 Å². The van der Waals surface area contributed by atoms with Gasteiger partial charge in [-0.05, 0) is 55.8 Å². The maximum atomic E-state index is 8.35. The lowest BCUT2D eigenvalue weighted by atomic mass is 9.68. The molecule has 3 saturated carbocycles. The first-order chi connectivity index (χ1) is 11.2. The Morgan fingerprint density at radius 2 is 0.783 bits per heavy atom. The predicted octanol–water partition coefficient (Wildman–Crippen LogP) is 5.65. The van der Waals surface area contributed by atoms with Crippen molar-refractivity contribution in [1.29, 1.82) is 10.8 Å². The molecule has 130 valence electrons. The molecule has 4 nitrogen and oxygen atoms in total. The van der Waals surface area contributed by atoms with Crippen LogP contribution in [0.2, 0.25) is 0 Å². The molecule has 0 atom stereocenters. The third kappa shape index (κ3) is 6.41. The molecular formula is C19H32N2O2. The summed E-state index contributed by atoms with van der Waals surface area (Å²) in [6.45, 7) is 0. The van der Waals surface area contributed by atoms with E-state index in [1.807, 2.05) is 0 Å². The van der Waals surface area contributed by atoms with Crippen LogP contribution in [-0.4, -0.2) is 12.2 Å². The van der Waals surface area contributed by atoms with Crippen LogP contribution in [0, 0.1) is 21.6 Å². The fourth-order valence-corrected chi connectivity index (χ4v) is 5.31. The molecule has 3 rings (SSSR count). The van der Waals surface area contributed by atoms with Crippen LogP contribution in [-0.2, 0) is 9.59 Å². The van der Waals surface area contributed by atoms with Crippen LogP contribution in [0.15, 0.2) is 0 Å². The molecule has 23 heavy (non-hydrogen) atoms. The highest BCUT2D eigenvalue weighted by Gasteiger charge is 2.47. The third-order valence-corrected chi connectivity index (χ3v) is 6.26. The second-order valence-corrected chi connectivity index (χ2v) is 7.71. The molecule has 0 aromatic heterocycles. The minimum atomic E-state index is 0.750. The van der Waals surface area contributed by atoms with Crippen LogP contribution in [0.4, 0.5) is 0 Å². The Morgan fingerprint density at radius 1 is 0.522 bits per heavy atom. The van der Waals surface area contributed by atoms with Crippen molar-refractivity contribution in [3.05, 3.63) is 0 Å². The minimum absolute atomic E-state index is 0.750. The van der Waals surface area contributed by atoms with Crippen LogP contribution in [0.5, 0.6) is 0 Å². The first kappa shape index (κ1) is 19.8. The second kappa shape index (κ2) is 10.5. The highest BCUT2D eigenvalue weighted by Crippen LogP contribution is 2.60. The zero-order valence-electron chi connectivity index (χ0n) is 14.4. The van der Waals surface area contributed by atoms with Gasteiger partial charge in [0, 0.05) is 0 Å². The molecule has 0 heterocycles. The Labute approximate surface area is 140 Å². The SMILES string of the molecule is C1CCCC2(CCC1)CCC1(CCCCC1)C2.N=C=O.N=C=O. The maximum absolute atomic E-state index is 8.35. The first-order valence-corrected chi connectivity index (χ1v) is 9.24. The van der Waals surface area contributed by atoms with Crippen molar-refractivity contribution in [3.63, 3.8) is 0 Å². The van der Waals surface area contributed by atoms with Crippen LogP contribution >= 0.6 is 0 Å². The molecule has 0 aromatic carbocycles. The highest BCUT2D eigenvalue weighted by atomic mass is 16.1. The van der Waals surface area contributed by atoms with Gasteiger partial charge in [-0.1, -0.05) is 51.4 Å². The highest BCUT2D eigenvalue weighted by molar-refractivity contribution is 5.26. The molecule has 0 aromatic rings. The molecule has 0 amide bonds. The number of carbonyl (C=O) groups excluding carboxylic acids is 2. The van der Waals surface area contributed by atoms with Gasteiger partial charge in [-0.3, -0.25) is 0 Å². The van der Waals surface area contributed by atoms with Gasteiger partial charge in [-0.2, -0.15) is 0 Å². The molecule has 0 saturated heterocycles. The summed E-state index contributed by atoms with van der Waals surface area (Å²) in [4.78, 5) is 16.7. The molecule has 0 unspecified atom stereocenters. The molecule has 3 fully saturated rings. The third-order valence-electron chi connectivity index (χ3n) is 6.26. The topological polar surface area (TPSA) is 81.8 Å². The molecule has 0 radical (unpaired) electrons. The van der Waals surface area contributed by atoms with Crippen LogP contribution in [0.25, 0.3) is 0 Å². The number of hydrogen-bond donors (Lipinski definition) is 2. The summed E-state index contributed by atoms with van der Waals surface area (Å²) in [6, 6.07) is 0. The molecule has 0 bridgehead atoms. The lowest BCUT2D eigenvalue weighted by molar-refractivity contribution is 0.141. The smallest absolute Gasteiger partial charge is 0.222 e. The van der Waals surface area contributed by atoms with Crippen molar-refractivity contribution >= 4 is 12.2 Å². The number of rotatable bonds is 0. The van der Waals surface area contributed by atoms with E-state index in [2.05, 4.69) is 0 Å². The minimum Gasteiger partial charge on any atom is -0.222 e. The lowest BCUT2D eigenvalue weighted by Gasteiger charge is -2.38. The normalized spacial score (nSPS) is 24.7.